The normalized spacial score (nSPS) is 10.9. The predicted octanol–water partition coefficient (Wildman–Crippen LogP) is 5.29. The largest absolute Gasteiger partial charge is 0.309 e. The quantitative estimate of drug-likeness (QED) is 0.576. The molecule has 0 aliphatic carbocycles. The fraction of sp³-hybridized carbons (Fsp3) is 0.0476. The first kappa shape index (κ1) is 14.0. The summed E-state index contributed by atoms with van der Waals surface area (Å²) in [6, 6.07) is 16.4. The Bertz CT molecular complexity index is 899. The molecule has 0 fully saturated rings. The number of hydrogen-bond donors (Lipinski definition) is 0. The van der Waals surface area contributed by atoms with Gasteiger partial charge in [-0.15, -0.1) is 6.42 Å². The Morgan fingerprint density at radius 3 is 2.45 bits per heavy atom. The monoisotopic (exact) mass is 283 g/mol. The molecule has 0 saturated carbocycles. The van der Waals surface area contributed by atoms with Crippen LogP contribution >= 0.6 is 0 Å². The fourth-order valence-corrected chi connectivity index (χ4v) is 2.81. The van der Waals surface area contributed by atoms with E-state index < -0.39 is 0 Å². The van der Waals surface area contributed by atoms with Gasteiger partial charge in [0.05, 0.1) is 11.2 Å². The Morgan fingerprint density at radius 1 is 1.09 bits per heavy atom. The van der Waals surface area contributed by atoms with Gasteiger partial charge in [-0.3, -0.25) is 0 Å². The van der Waals surface area contributed by atoms with Crippen molar-refractivity contribution >= 4 is 23.1 Å². The zero-order valence-electron chi connectivity index (χ0n) is 12.6. The van der Waals surface area contributed by atoms with Gasteiger partial charge in [-0.25, -0.2) is 0 Å². The van der Waals surface area contributed by atoms with Crippen molar-refractivity contribution in [3.8, 4) is 18.0 Å². The number of allylic oxidation sites excluding steroid dienone is 1. The first-order valence-corrected chi connectivity index (χ1v) is 7.25. The maximum atomic E-state index is 5.45. The molecule has 0 bridgehead atoms. The van der Waals surface area contributed by atoms with Crippen molar-refractivity contribution in [3.05, 3.63) is 78.0 Å². The molecule has 1 nitrogen and oxygen atoms in total. The molecule has 0 spiro atoms. The van der Waals surface area contributed by atoms with E-state index in [1.54, 1.807) is 0 Å². The summed E-state index contributed by atoms with van der Waals surface area (Å²) in [7, 11) is 0. The molecule has 1 aromatic heterocycles. The zero-order valence-corrected chi connectivity index (χ0v) is 12.6. The topological polar surface area (TPSA) is 4.93 Å². The molecule has 0 unspecified atom stereocenters. The molecule has 0 amide bonds. The summed E-state index contributed by atoms with van der Waals surface area (Å²) in [6.45, 7) is 6.01. The van der Waals surface area contributed by atoms with Crippen LogP contribution in [0.4, 0.5) is 0 Å². The van der Waals surface area contributed by atoms with E-state index >= 15 is 0 Å². The van der Waals surface area contributed by atoms with Gasteiger partial charge in [0.25, 0.3) is 0 Å². The van der Waals surface area contributed by atoms with Gasteiger partial charge in [-0.2, -0.15) is 0 Å². The highest BCUT2D eigenvalue weighted by Gasteiger charge is 2.13. The second-order valence-corrected chi connectivity index (χ2v) is 5.05. The summed E-state index contributed by atoms with van der Waals surface area (Å²) in [4.78, 5) is 0. The van der Waals surface area contributed by atoms with E-state index in [0.717, 1.165) is 22.5 Å². The molecule has 22 heavy (non-hydrogen) atoms. The van der Waals surface area contributed by atoms with E-state index in [1.165, 1.54) is 10.9 Å². The third-order valence-corrected chi connectivity index (χ3v) is 3.77. The maximum absolute atomic E-state index is 5.45. The minimum atomic E-state index is 0.886. The van der Waals surface area contributed by atoms with Crippen molar-refractivity contribution < 1.29 is 0 Å². The molecular weight excluding hydrogens is 266 g/mol. The van der Waals surface area contributed by atoms with E-state index in [9.17, 15) is 0 Å². The maximum Gasteiger partial charge on any atom is 0.0541 e. The van der Waals surface area contributed by atoms with Gasteiger partial charge in [0, 0.05) is 22.2 Å². The average molecular weight is 283 g/mol. The molecule has 0 aliphatic heterocycles. The molecule has 106 valence electrons. The van der Waals surface area contributed by atoms with Gasteiger partial charge in [0.1, 0.15) is 0 Å². The first-order chi connectivity index (χ1) is 10.8. The van der Waals surface area contributed by atoms with Crippen LogP contribution in [0.1, 0.15) is 23.7 Å². The molecule has 3 rings (SSSR count). The Kier molecular flexibility index (Phi) is 3.68. The molecule has 0 saturated heterocycles. The van der Waals surface area contributed by atoms with E-state index in [4.69, 9.17) is 6.42 Å². The van der Waals surface area contributed by atoms with Crippen molar-refractivity contribution in [1.29, 1.82) is 0 Å². The van der Waals surface area contributed by atoms with Crippen LogP contribution in [0.15, 0.2) is 61.2 Å². The average Bonchev–Trinajstić information content (AvgIpc) is 2.88. The Morgan fingerprint density at radius 2 is 1.82 bits per heavy atom. The van der Waals surface area contributed by atoms with Crippen molar-refractivity contribution in [3.63, 3.8) is 0 Å². The molecule has 0 aliphatic rings. The van der Waals surface area contributed by atoms with E-state index in [-0.39, 0.29) is 0 Å². The number of benzene rings is 2. The molecule has 2 aromatic carbocycles. The van der Waals surface area contributed by atoms with E-state index in [2.05, 4.69) is 59.5 Å². The van der Waals surface area contributed by atoms with Gasteiger partial charge in [-0.1, -0.05) is 42.9 Å². The van der Waals surface area contributed by atoms with Crippen LogP contribution in [0, 0.1) is 12.3 Å². The zero-order chi connectivity index (χ0) is 15.5. The molecule has 1 heteroatoms. The Balaban J connectivity index is 2.38. The first-order valence-electron chi connectivity index (χ1n) is 7.25. The van der Waals surface area contributed by atoms with Gasteiger partial charge >= 0.3 is 0 Å². The summed E-state index contributed by atoms with van der Waals surface area (Å²) in [6.07, 6.45) is 11.5. The van der Waals surface area contributed by atoms with Gasteiger partial charge in [0.15, 0.2) is 0 Å². The lowest BCUT2D eigenvalue weighted by Crippen LogP contribution is -1.97. The lowest BCUT2D eigenvalue weighted by Gasteiger charge is -2.09. The number of terminal acetylenes is 1. The smallest absolute Gasteiger partial charge is 0.0541 e. The van der Waals surface area contributed by atoms with Crippen molar-refractivity contribution in [1.82, 2.24) is 4.57 Å². The highest BCUT2D eigenvalue weighted by molar-refractivity contribution is 5.95. The second kappa shape index (κ2) is 5.79. The second-order valence-electron chi connectivity index (χ2n) is 5.05. The van der Waals surface area contributed by atoms with Crippen LogP contribution in [0.3, 0.4) is 0 Å². The van der Waals surface area contributed by atoms with Crippen LogP contribution in [0.5, 0.6) is 0 Å². The van der Waals surface area contributed by atoms with Gasteiger partial charge in [0.2, 0.25) is 0 Å². The molecule has 0 atom stereocenters. The van der Waals surface area contributed by atoms with Gasteiger partial charge < -0.3 is 4.57 Å². The molecule has 0 N–H and O–H groups in total. The van der Waals surface area contributed by atoms with E-state index in [0.29, 0.717) is 0 Å². The lowest BCUT2D eigenvalue weighted by atomic mass is 10.1. The van der Waals surface area contributed by atoms with Crippen molar-refractivity contribution in [2.45, 2.75) is 6.92 Å². The minimum absolute atomic E-state index is 0.886. The highest BCUT2D eigenvalue weighted by Crippen LogP contribution is 2.31. The number of para-hydroxylation sites is 1. The Labute approximate surface area is 131 Å². The van der Waals surface area contributed by atoms with Crippen LogP contribution in [-0.4, -0.2) is 4.57 Å². The number of rotatable bonds is 3. The Hall–Kier alpha value is -2.98. The van der Waals surface area contributed by atoms with Crippen molar-refractivity contribution in [2.24, 2.45) is 0 Å². The third-order valence-electron chi connectivity index (χ3n) is 3.77. The minimum Gasteiger partial charge on any atom is -0.309 e. The van der Waals surface area contributed by atoms with E-state index in [1.807, 2.05) is 31.2 Å². The lowest BCUT2D eigenvalue weighted by molar-refractivity contribution is 1.10. The SMILES string of the molecule is C#Cc1ccc(-n2c(/C=C\C)c(C=C)c3ccccc32)cc1. The van der Waals surface area contributed by atoms with Crippen LogP contribution in [0.2, 0.25) is 0 Å². The number of nitrogens with zero attached hydrogens (tertiary/aromatic N) is 1. The van der Waals surface area contributed by atoms with Crippen LogP contribution < -0.4 is 0 Å². The predicted molar refractivity (Wildman–Crippen MR) is 96.0 cm³/mol. The molecule has 0 radical (unpaired) electrons. The summed E-state index contributed by atoms with van der Waals surface area (Å²) >= 11 is 0. The van der Waals surface area contributed by atoms with Crippen LogP contribution in [-0.2, 0) is 0 Å². The highest BCUT2D eigenvalue weighted by atomic mass is 15.0. The summed E-state index contributed by atoms with van der Waals surface area (Å²) in [5, 5.41) is 1.20. The number of aromatic nitrogens is 1. The van der Waals surface area contributed by atoms with Crippen molar-refractivity contribution in [2.75, 3.05) is 0 Å². The number of fused-ring (bicyclic) bond motifs is 1. The molecular formula is C21H17N. The van der Waals surface area contributed by atoms with Crippen LogP contribution in [0.25, 0.3) is 28.7 Å². The molecule has 1 heterocycles. The van der Waals surface area contributed by atoms with Gasteiger partial charge in [-0.05, 0) is 43.3 Å². The fourth-order valence-electron chi connectivity index (χ4n) is 2.81. The molecule has 3 aromatic rings. The summed E-state index contributed by atoms with van der Waals surface area (Å²) < 4.78 is 2.24. The standard InChI is InChI=1S/C21H17N/c1-4-9-20-18(6-3)19-10-7-8-11-21(19)22(20)17-14-12-16(5-2)13-15-17/h2,4,6-15H,3H2,1H3/b9-4-. The third kappa shape index (κ3) is 2.16. The number of hydrogen-bond acceptors (Lipinski definition) is 0. The summed E-state index contributed by atoms with van der Waals surface area (Å²) in [5.41, 5.74) is 5.42. The summed E-state index contributed by atoms with van der Waals surface area (Å²) in [5.74, 6) is 2.66.